The van der Waals surface area contributed by atoms with Crippen molar-refractivity contribution in [2.24, 2.45) is 12.0 Å². The molecule has 6 nitrogen and oxygen atoms in total. The minimum atomic E-state index is -0.189. The third-order valence-corrected chi connectivity index (χ3v) is 4.95. The van der Waals surface area contributed by atoms with E-state index in [9.17, 15) is 4.39 Å². The average Bonchev–Trinajstić information content (AvgIpc) is 3.24. The first-order chi connectivity index (χ1) is 12.5. The van der Waals surface area contributed by atoms with Gasteiger partial charge in [-0.2, -0.15) is 0 Å². The Kier molecular flexibility index (Phi) is 5.85. The van der Waals surface area contributed by atoms with E-state index in [0.29, 0.717) is 24.7 Å². The molecule has 3 rings (SSSR count). The van der Waals surface area contributed by atoms with Gasteiger partial charge in [-0.1, -0.05) is 25.0 Å². The lowest BCUT2D eigenvalue weighted by atomic mass is 10.1. The lowest BCUT2D eigenvalue weighted by Crippen LogP contribution is -2.42. The van der Waals surface area contributed by atoms with Crippen LogP contribution < -0.4 is 10.6 Å². The summed E-state index contributed by atoms with van der Waals surface area (Å²) in [5.74, 6) is 2.27. The number of nitrogens with one attached hydrogen (secondary N) is 2. The van der Waals surface area contributed by atoms with Crippen LogP contribution in [0.4, 0.5) is 4.39 Å². The Balaban J connectivity index is 1.68. The van der Waals surface area contributed by atoms with Gasteiger partial charge in [0.05, 0.1) is 13.1 Å². The molecular formula is C19H27FN6. The van der Waals surface area contributed by atoms with Gasteiger partial charge < -0.3 is 15.2 Å². The van der Waals surface area contributed by atoms with Crippen LogP contribution in [0, 0.1) is 19.7 Å². The van der Waals surface area contributed by atoms with Gasteiger partial charge in [-0.15, -0.1) is 10.2 Å². The van der Waals surface area contributed by atoms with Crippen molar-refractivity contribution in [2.45, 2.75) is 58.7 Å². The fraction of sp³-hybridized carbons (Fsp3) is 0.526. The van der Waals surface area contributed by atoms with E-state index >= 15 is 0 Å². The quantitative estimate of drug-likeness (QED) is 0.637. The van der Waals surface area contributed by atoms with Crippen molar-refractivity contribution in [1.29, 1.82) is 0 Å². The Morgan fingerprint density at radius 3 is 2.69 bits per heavy atom. The van der Waals surface area contributed by atoms with E-state index in [1.54, 1.807) is 19.1 Å². The van der Waals surface area contributed by atoms with E-state index in [4.69, 9.17) is 0 Å². The Labute approximate surface area is 153 Å². The molecule has 1 aliphatic rings. The highest BCUT2D eigenvalue weighted by molar-refractivity contribution is 5.80. The normalized spacial score (nSPS) is 15.5. The van der Waals surface area contributed by atoms with E-state index in [-0.39, 0.29) is 5.82 Å². The van der Waals surface area contributed by atoms with E-state index in [0.717, 1.165) is 36.0 Å². The first kappa shape index (κ1) is 18.4. The van der Waals surface area contributed by atoms with Gasteiger partial charge in [0.25, 0.3) is 0 Å². The summed E-state index contributed by atoms with van der Waals surface area (Å²) in [4.78, 5) is 4.65. The summed E-state index contributed by atoms with van der Waals surface area (Å²) in [6.45, 7) is 4.66. The van der Waals surface area contributed by atoms with Crippen LogP contribution in [0.25, 0.3) is 0 Å². The van der Waals surface area contributed by atoms with Crippen molar-refractivity contribution >= 4 is 5.96 Å². The second-order valence-corrected chi connectivity index (χ2v) is 6.95. The van der Waals surface area contributed by atoms with E-state index in [1.807, 2.05) is 24.6 Å². The summed E-state index contributed by atoms with van der Waals surface area (Å²) < 4.78 is 15.7. The second-order valence-electron chi connectivity index (χ2n) is 6.95. The first-order valence-electron chi connectivity index (χ1n) is 9.17. The summed E-state index contributed by atoms with van der Waals surface area (Å²) in [6.07, 6.45) is 4.80. The topological polar surface area (TPSA) is 67.1 Å². The Morgan fingerprint density at radius 1 is 1.27 bits per heavy atom. The number of rotatable bonds is 5. The van der Waals surface area contributed by atoms with Crippen molar-refractivity contribution in [3.8, 4) is 0 Å². The van der Waals surface area contributed by atoms with Crippen LogP contribution in [0.1, 0.15) is 48.5 Å². The third kappa shape index (κ3) is 4.59. The zero-order valence-corrected chi connectivity index (χ0v) is 15.7. The van der Waals surface area contributed by atoms with Crippen molar-refractivity contribution in [3.63, 3.8) is 0 Å². The van der Waals surface area contributed by atoms with Gasteiger partial charge in [-0.3, -0.25) is 0 Å². The fourth-order valence-corrected chi connectivity index (χ4v) is 3.09. The van der Waals surface area contributed by atoms with Crippen LogP contribution in [-0.2, 0) is 20.1 Å². The van der Waals surface area contributed by atoms with Crippen LogP contribution in [0.5, 0.6) is 0 Å². The molecule has 7 heteroatoms. The van der Waals surface area contributed by atoms with E-state index in [1.165, 1.54) is 12.8 Å². The predicted molar refractivity (Wildman–Crippen MR) is 100 cm³/mol. The molecule has 2 aromatic rings. The maximum atomic E-state index is 13.7. The molecular weight excluding hydrogens is 331 g/mol. The molecule has 0 aliphatic heterocycles. The number of guanidine groups is 1. The molecule has 1 heterocycles. The number of halogens is 1. The molecule has 0 saturated heterocycles. The molecule has 1 saturated carbocycles. The number of benzene rings is 1. The molecule has 1 fully saturated rings. The summed E-state index contributed by atoms with van der Waals surface area (Å²) in [7, 11) is 1.95. The van der Waals surface area contributed by atoms with E-state index < -0.39 is 0 Å². The maximum Gasteiger partial charge on any atom is 0.192 e. The minimum absolute atomic E-state index is 0.189. The van der Waals surface area contributed by atoms with Gasteiger partial charge in [-0.05, 0) is 43.9 Å². The predicted octanol–water partition coefficient (Wildman–Crippen LogP) is 2.75. The molecule has 0 amide bonds. The molecule has 2 N–H and O–H groups in total. The zero-order chi connectivity index (χ0) is 18.5. The van der Waals surface area contributed by atoms with E-state index in [2.05, 4.69) is 25.8 Å². The number of hydrogen-bond donors (Lipinski definition) is 2. The van der Waals surface area contributed by atoms with Gasteiger partial charge >= 0.3 is 0 Å². The van der Waals surface area contributed by atoms with Gasteiger partial charge in [-0.25, -0.2) is 9.38 Å². The molecule has 1 aliphatic carbocycles. The lowest BCUT2D eigenvalue weighted by molar-refractivity contribution is 0.605. The molecule has 140 valence electrons. The Hall–Kier alpha value is -2.44. The number of aromatic nitrogens is 3. The molecule has 1 aromatic carbocycles. The molecule has 0 atom stereocenters. The van der Waals surface area contributed by atoms with Gasteiger partial charge in [0.2, 0.25) is 0 Å². The monoisotopic (exact) mass is 358 g/mol. The lowest BCUT2D eigenvalue weighted by Gasteiger charge is -2.17. The summed E-state index contributed by atoms with van der Waals surface area (Å²) in [5.41, 5.74) is 1.51. The molecule has 0 radical (unpaired) electrons. The highest BCUT2D eigenvalue weighted by atomic mass is 19.1. The molecule has 1 aromatic heterocycles. The van der Waals surface area contributed by atoms with Crippen LogP contribution in [-0.4, -0.2) is 26.8 Å². The van der Waals surface area contributed by atoms with Crippen molar-refractivity contribution in [1.82, 2.24) is 25.4 Å². The Bertz CT molecular complexity index is 776. The first-order valence-corrected chi connectivity index (χ1v) is 9.17. The van der Waals surface area contributed by atoms with Crippen molar-refractivity contribution in [3.05, 3.63) is 46.8 Å². The number of aliphatic imine (C=N–C) groups is 1. The van der Waals surface area contributed by atoms with Crippen molar-refractivity contribution in [2.75, 3.05) is 0 Å². The van der Waals surface area contributed by atoms with Gasteiger partial charge in [0, 0.05) is 13.1 Å². The van der Waals surface area contributed by atoms with Gasteiger partial charge in [0.1, 0.15) is 11.6 Å². The zero-order valence-electron chi connectivity index (χ0n) is 15.7. The van der Waals surface area contributed by atoms with Crippen LogP contribution in [0.3, 0.4) is 0 Å². The summed E-state index contributed by atoms with van der Waals surface area (Å²) >= 11 is 0. The molecule has 26 heavy (non-hydrogen) atoms. The fourth-order valence-electron chi connectivity index (χ4n) is 3.09. The van der Waals surface area contributed by atoms with Crippen molar-refractivity contribution < 1.29 is 4.39 Å². The highest BCUT2D eigenvalue weighted by Gasteiger charge is 2.16. The maximum absolute atomic E-state index is 13.7. The highest BCUT2D eigenvalue weighted by Crippen LogP contribution is 2.17. The van der Waals surface area contributed by atoms with Gasteiger partial charge in [0.15, 0.2) is 11.8 Å². The molecule has 0 unspecified atom stereocenters. The Morgan fingerprint density at radius 2 is 2.04 bits per heavy atom. The SMILES string of the molecule is Cc1ccc(CN=C(NCc2nnc(C)n2C)NC2CCCC2)cc1F. The third-order valence-electron chi connectivity index (χ3n) is 4.95. The number of aryl methyl sites for hydroxylation is 2. The largest absolute Gasteiger partial charge is 0.354 e. The standard InChI is InChI=1S/C19H27FN6/c1-13-8-9-15(10-17(13)20)11-21-19(23-16-6-4-5-7-16)22-12-18-25-24-14(2)26(18)3/h8-10,16H,4-7,11-12H2,1-3H3,(H2,21,22,23). The summed E-state index contributed by atoms with van der Waals surface area (Å²) in [5, 5.41) is 15.1. The summed E-state index contributed by atoms with van der Waals surface area (Å²) in [6, 6.07) is 5.70. The number of nitrogens with zero attached hydrogens (tertiary/aromatic N) is 4. The van der Waals surface area contributed by atoms with Crippen LogP contribution >= 0.6 is 0 Å². The number of hydrogen-bond acceptors (Lipinski definition) is 3. The second kappa shape index (κ2) is 8.29. The van der Waals surface area contributed by atoms with Crippen LogP contribution in [0.15, 0.2) is 23.2 Å². The average molecular weight is 358 g/mol. The minimum Gasteiger partial charge on any atom is -0.354 e. The smallest absolute Gasteiger partial charge is 0.192 e. The molecule has 0 spiro atoms. The van der Waals surface area contributed by atoms with Crippen LogP contribution in [0.2, 0.25) is 0 Å². The molecule has 0 bridgehead atoms.